The zero-order valence-corrected chi connectivity index (χ0v) is 11.4. The number of halogens is 2. The number of rotatable bonds is 4. The molecule has 0 fully saturated rings. The van der Waals surface area contributed by atoms with Gasteiger partial charge in [-0.15, -0.1) is 10.2 Å². The molecule has 3 nitrogen and oxygen atoms in total. The largest absolute Gasteiger partial charge is 0.454 e. The molecule has 0 aliphatic heterocycles. The number of hydrogen-bond acceptors (Lipinski definition) is 3. The van der Waals surface area contributed by atoms with Gasteiger partial charge < -0.3 is 4.74 Å². The Morgan fingerprint density at radius 2 is 1.83 bits per heavy atom. The Balaban J connectivity index is 2.15. The van der Waals surface area contributed by atoms with Crippen LogP contribution in [-0.4, -0.2) is 10.2 Å². The highest BCUT2D eigenvalue weighted by Gasteiger charge is 2.06. The number of ether oxygens (including phenoxy) is 1. The molecular formula is C13H12Cl2N2O. The minimum Gasteiger partial charge on any atom is -0.454 e. The summed E-state index contributed by atoms with van der Waals surface area (Å²) in [6, 6.07) is 9.40. The zero-order chi connectivity index (χ0) is 13.0. The van der Waals surface area contributed by atoms with E-state index in [2.05, 4.69) is 17.1 Å². The predicted molar refractivity (Wildman–Crippen MR) is 72.6 cm³/mol. The SMILES string of the molecule is CCCc1ccc(Oc2cc(Cl)nnc2Cl)cc1. The fourth-order valence-corrected chi connectivity index (χ4v) is 1.82. The van der Waals surface area contributed by atoms with E-state index in [0.29, 0.717) is 11.5 Å². The normalized spacial score (nSPS) is 10.4. The van der Waals surface area contributed by atoms with E-state index in [4.69, 9.17) is 27.9 Å². The molecule has 0 bridgehead atoms. The van der Waals surface area contributed by atoms with Gasteiger partial charge >= 0.3 is 0 Å². The standard InChI is InChI=1S/C13H12Cl2N2O/c1-2-3-9-4-6-10(7-5-9)18-11-8-12(14)16-17-13(11)15/h4-8H,2-3H2,1H3. The third-order valence-corrected chi connectivity index (χ3v) is 2.82. The first kappa shape index (κ1) is 13.1. The van der Waals surface area contributed by atoms with E-state index >= 15 is 0 Å². The monoisotopic (exact) mass is 282 g/mol. The number of benzene rings is 1. The van der Waals surface area contributed by atoms with Crippen LogP contribution in [0.25, 0.3) is 0 Å². The van der Waals surface area contributed by atoms with Crippen LogP contribution in [0.2, 0.25) is 10.3 Å². The van der Waals surface area contributed by atoms with Gasteiger partial charge in [-0.1, -0.05) is 48.7 Å². The maximum Gasteiger partial charge on any atom is 0.194 e. The van der Waals surface area contributed by atoms with Crippen molar-refractivity contribution >= 4 is 23.2 Å². The first-order chi connectivity index (χ1) is 8.69. The second-order valence-corrected chi connectivity index (χ2v) is 4.56. The quantitative estimate of drug-likeness (QED) is 0.827. The average molecular weight is 283 g/mol. The highest BCUT2D eigenvalue weighted by molar-refractivity contribution is 6.32. The van der Waals surface area contributed by atoms with E-state index in [1.165, 1.54) is 11.6 Å². The summed E-state index contributed by atoms with van der Waals surface area (Å²) in [5, 5.41) is 7.74. The fraction of sp³-hybridized carbons (Fsp3) is 0.231. The minimum absolute atomic E-state index is 0.192. The lowest BCUT2D eigenvalue weighted by molar-refractivity contribution is 0.478. The van der Waals surface area contributed by atoms with Crippen LogP contribution in [0, 0.1) is 0 Å². The molecule has 5 heteroatoms. The Morgan fingerprint density at radius 3 is 2.50 bits per heavy atom. The van der Waals surface area contributed by atoms with Crippen molar-refractivity contribution in [1.29, 1.82) is 0 Å². The molecule has 0 saturated heterocycles. The van der Waals surface area contributed by atoms with Crippen molar-refractivity contribution in [3.8, 4) is 11.5 Å². The van der Waals surface area contributed by atoms with Crippen molar-refractivity contribution < 1.29 is 4.74 Å². The van der Waals surface area contributed by atoms with Crippen LogP contribution in [-0.2, 0) is 6.42 Å². The van der Waals surface area contributed by atoms with E-state index in [9.17, 15) is 0 Å². The first-order valence-corrected chi connectivity index (χ1v) is 6.40. The van der Waals surface area contributed by atoms with Crippen molar-refractivity contribution in [2.45, 2.75) is 19.8 Å². The number of hydrogen-bond donors (Lipinski definition) is 0. The molecule has 0 saturated carbocycles. The van der Waals surface area contributed by atoms with Crippen molar-refractivity contribution in [2.75, 3.05) is 0 Å². The second-order valence-electron chi connectivity index (χ2n) is 3.82. The molecule has 0 radical (unpaired) electrons. The van der Waals surface area contributed by atoms with Gasteiger partial charge in [-0.25, -0.2) is 0 Å². The summed E-state index contributed by atoms with van der Waals surface area (Å²) in [4.78, 5) is 0. The van der Waals surface area contributed by atoms with E-state index in [-0.39, 0.29) is 10.3 Å². The van der Waals surface area contributed by atoms with Gasteiger partial charge in [0.25, 0.3) is 0 Å². The average Bonchev–Trinajstić information content (AvgIpc) is 2.37. The summed E-state index contributed by atoms with van der Waals surface area (Å²) >= 11 is 11.6. The summed E-state index contributed by atoms with van der Waals surface area (Å²) in [6.45, 7) is 2.15. The van der Waals surface area contributed by atoms with Crippen LogP contribution in [0.15, 0.2) is 30.3 Å². The molecule has 1 aromatic heterocycles. The van der Waals surface area contributed by atoms with Crippen LogP contribution in [0.4, 0.5) is 0 Å². The van der Waals surface area contributed by atoms with E-state index in [1.807, 2.05) is 24.3 Å². The van der Waals surface area contributed by atoms with E-state index < -0.39 is 0 Å². The number of aromatic nitrogens is 2. The molecule has 0 aliphatic carbocycles. The Hall–Kier alpha value is -1.32. The summed E-state index contributed by atoms with van der Waals surface area (Å²) < 4.78 is 5.60. The van der Waals surface area contributed by atoms with Crippen molar-refractivity contribution in [1.82, 2.24) is 10.2 Å². The first-order valence-electron chi connectivity index (χ1n) is 5.64. The van der Waals surface area contributed by atoms with Gasteiger partial charge in [-0.2, -0.15) is 0 Å². The van der Waals surface area contributed by atoms with Gasteiger partial charge in [0.15, 0.2) is 16.1 Å². The summed E-state index contributed by atoms with van der Waals surface area (Å²) in [6.07, 6.45) is 2.18. The molecule has 0 aliphatic rings. The summed E-state index contributed by atoms with van der Waals surface area (Å²) in [5.74, 6) is 1.10. The lowest BCUT2D eigenvalue weighted by atomic mass is 10.1. The molecular weight excluding hydrogens is 271 g/mol. The van der Waals surface area contributed by atoms with Crippen LogP contribution in [0.3, 0.4) is 0 Å². The lowest BCUT2D eigenvalue weighted by Crippen LogP contribution is -1.91. The Labute approximate surface area is 116 Å². The van der Waals surface area contributed by atoms with Gasteiger partial charge in [-0.05, 0) is 24.1 Å². The molecule has 0 N–H and O–H groups in total. The van der Waals surface area contributed by atoms with Gasteiger partial charge in [0.05, 0.1) is 0 Å². The smallest absolute Gasteiger partial charge is 0.194 e. The molecule has 0 atom stereocenters. The Morgan fingerprint density at radius 1 is 1.11 bits per heavy atom. The molecule has 0 amide bonds. The van der Waals surface area contributed by atoms with Gasteiger partial charge in [0.1, 0.15) is 5.75 Å². The topological polar surface area (TPSA) is 35.0 Å². The third-order valence-electron chi connectivity index (χ3n) is 2.38. The zero-order valence-electron chi connectivity index (χ0n) is 9.86. The maximum absolute atomic E-state index is 5.87. The Kier molecular flexibility index (Phi) is 4.39. The van der Waals surface area contributed by atoms with Gasteiger partial charge in [0, 0.05) is 6.07 Å². The van der Waals surface area contributed by atoms with Gasteiger partial charge in [-0.3, -0.25) is 0 Å². The fourth-order valence-electron chi connectivity index (χ4n) is 1.55. The Bertz CT molecular complexity index is 529. The van der Waals surface area contributed by atoms with Crippen LogP contribution >= 0.6 is 23.2 Å². The molecule has 2 aromatic rings. The van der Waals surface area contributed by atoms with Gasteiger partial charge in [0.2, 0.25) is 0 Å². The molecule has 1 heterocycles. The van der Waals surface area contributed by atoms with Crippen molar-refractivity contribution in [3.05, 3.63) is 46.2 Å². The summed E-state index contributed by atoms with van der Waals surface area (Å²) in [5.41, 5.74) is 1.28. The predicted octanol–water partition coefficient (Wildman–Crippen LogP) is 4.53. The van der Waals surface area contributed by atoms with Crippen molar-refractivity contribution in [2.24, 2.45) is 0 Å². The maximum atomic E-state index is 5.87. The van der Waals surface area contributed by atoms with Crippen LogP contribution < -0.4 is 4.74 Å². The minimum atomic E-state index is 0.192. The van der Waals surface area contributed by atoms with E-state index in [1.54, 1.807) is 0 Å². The molecule has 0 spiro atoms. The van der Waals surface area contributed by atoms with Crippen LogP contribution in [0.1, 0.15) is 18.9 Å². The van der Waals surface area contributed by atoms with E-state index in [0.717, 1.165) is 12.8 Å². The van der Waals surface area contributed by atoms with Crippen molar-refractivity contribution in [3.63, 3.8) is 0 Å². The third kappa shape index (κ3) is 3.34. The summed E-state index contributed by atoms with van der Waals surface area (Å²) in [7, 11) is 0. The molecule has 94 valence electrons. The molecule has 2 rings (SSSR count). The highest BCUT2D eigenvalue weighted by Crippen LogP contribution is 2.28. The number of nitrogens with zero attached hydrogens (tertiary/aromatic N) is 2. The van der Waals surface area contributed by atoms with Crippen LogP contribution in [0.5, 0.6) is 11.5 Å². The lowest BCUT2D eigenvalue weighted by Gasteiger charge is -2.07. The second kappa shape index (κ2) is 6.03. The highest BCUT2D eigenvalue weighted by atomic mass is 35.5. The molecule has 18 heavy (non-hydrogen) atoms. The molecule has 1 aromatic carbocycles. The number of aryl methyl sites for hydroxylation is 1. The molecule has 0 unspecified atom stereocenters.